The highest BCUT2D eigenvalue weighted by Gasteiger charge is 2.21. The van der Waals surface area contributed by atoms with Crippen molar-refractivity contribution < 1.29 is 17.9 Å². The van der Waals surface area contributed by atoms with Crippen molar-refractivity contribution in [2.45, 2.75) is 25.3 Å². The molecule has 0 N–H and O–H groups in total. The number of esters is 1. The van der Waals surface area contributed by atoms with E-state index in [2.05, 4.69) is 0 Å². The number of hydrogen-bond acceptors (Lipinski definition) is 5. The number of benzene rings is 1. The summed E-state index contributed by atoms with van der Waals surface area (Å²) in [5.41, 5.74) is 1.26. The zero-order chi connectivity index (χ0) is 16.3. The fourth-order valence-electron chi connectivity index (χ4n) is 1.95. The van der Waals surface area contributed by atoms with Crippen molar-refractivity contribution in [2.75, 3.05) is 0 Å². The van der Waals surface area contributed by atoms with Crippen molar-refractivity contribution >= 4 is 16.0 Å². The molecule has 6 nitrogen and oxygen atoms in total. The number of nitriles is 1. The van der Waals surface area contributed by atoms with Gasteiger partial charge in [-0.25, -0.2) is 12.4 Å². The van der Waals surface area contributed by atoms with Gasteiger partial charge in [0.1, 0.15) is 17.6 Å². The monoisotopic (exact) mass is 318 g/mol. The van der Waals surface area contributed by atoms with E-state index in [1.165, 1.54) is 25.4 Å². The van der Waals surface area contributed by atoms with Gasteiger partial charge in [0.2, 0.25) is 0 Å². The Bertz CT molecular complexity index is 860. The molecule has 0 radical (unpaired) electrons. The summed E-state index contributed by atoms with van der Waals surface area (Å²) < 4.78 is 31.1. The molecule has 1 aromatic heterocycles. The topological polar surface area (TPSA) is 89.2 Å². The number of aromatic nitrogens is 1. The standard InChI is InChI=1S/C15H14N2O4S/c1-11-4-3-5-15(14(11)8-16)22(19,20)17-7-6-13(9-17)10-21-12(2)18/h3-7,9H,10H2,1-2H3. The average molecular weight is 318 g/mol. The van der Waals surface area contributed by atoms with Crippen LogP contribution in [0.5, 0.6) is 0 Å². The van der Waals surface area contributed by atoms with Gasteiger partial charge in [-0.1, -0.05) is 12.1 Å². The summed E-state index contributed by atoms with van der Waals surface area (Å²) in [6, 6.07) is 8.13. The third-order valence-electron chi connectivity index (χ3n) is 3.07. The lowest BCUT2D eigenvalue weighted by Crippen LogP contribution is -2.13. The van der Waals surface area contributed by atoms with E-state index in [4.69, 9.17) is 4.74 Å². The van der Waals surface area contributed by atoms with Gasteiger partial charge in [0.15, 0.2) is 0 Å². The molecule has 22 heavy (non-hydrogen) atoms. The number of aryl methyl sites for hydroxylation is 1. The minimum atomic E-state index is -3.87. The van der Waals surface area contributed by atoms with Crippen molar-refractivity contribution in [2.24, 2.45) is 0 Å². The second-order valence-corrected chi connectivity index (χ2v) is 6.51. The van der Waals surface area contributed by atoms with Crippen LogP contribution >= 0.6 is 0 Å². The van der Waals surface area contributed by atoms with Gasteiger partial charge in [-0.05, 0) is 24.6 Å². The van der Waals surface area contributed by atoms with Gasteiger partial charge in [-0.15, -0.1) is 0 Å². The Balaban J connectivity index is 2.42. The second kappa shape index (κ2) is 6.03. The van der Waals surface area contributed by atoms with Crippen LogP contribution in [0.1, 0.15) is 23.6 Å². The first-order chi connectivity index (χ1) is 10.4. The van der Waals surface area contributed by atoms with Gasteiger partial charge in [-0.2, -0.15) is 5.26 Å². The zero-order valence-corrected chi connectivity index (χ0v) is 12.9. The summed E-state index contributed by atoms with van der Waals surface area (Å²) in [6.45, 7) is 2.95. The van der Waals surface area contributed by atoms with Gasteiger partial charge in [0, 0.05) is 24.9 Å². The molecule has 2 aromatic rings. The summed E-state index contributed by atoms with van der Waals surface area (Å²) in [6.07, 6.45) is 2.72. The molecule has 0 aliphatic rings. The van der Waals surface area contributed by atoms with E-state index in [0.717, 1.165) is 3.97 Å². The van der Waals surface area contributed by atoms with Crippen molar-refractivity contribution in [3.8, 4) is 6.07 Å². The van der Waals surface area contributed by atoms with Crippen LogP contribution in [-0.4, -0.2) is 18.4 Å². The van der Waals surface area contributed by atoms with Crippen LogP contribution in [0, 0.1) is 18.3 Å². The van der Waals surface area contributed by atoms with Crippen molar-refractivity contribution in [3.05, 3.63) is 53.3 Å². The third kappa shape index (κ3) is 3.02. The molecule has 0 saturated heterocycles. The average Bonchev–Trinajstić information content (AvgIpc) is 2.94. The molecule has 0 unspecified atom stereocenters. The third-order valence-corrected chi connectivity index (χ3v) is 4.75. The number of rotatable bonds is 4. The minimum absolute atomic E-state index is 0.00320. The Morgan fingerprint density at radius 1 is 1.36 bits per heavy atom. The van der Waals surface area contributed by atoms with Gasteiger partial charge >= 0.3 is 5.97 Å². The SMILES string of the molecule is CC(=O)OCc1ccn(S(=O)(=O)c2cccc(C)c2C#N)c1. The lowest BCUT2D eigenvalue weighted by atomic mass is 10.1. The largest absolute Gasteiger partial charge is 0.461 e. The maximum absolute atomic E-state index is 12.6. The van der Waals surface area contributed by atoms with Crippen molar-refractivity contribution in [1.29, 1.82) is 5.26 Å². The quantitative estimate of drug-likeness (QED) is 0.804. The molecule has 0 aliphatic carbocycles. The number of ether oxygens (including phenoxy) is 1. The fraction of sp³-hybridized carbons (Fsp3) is 0.200. The van der Waals surface area contributed by atoms with E-state index in [9.17, 15) is 18.5 Å². The molecule has 114 valence electrons. The molecule has 0 bridgehead atoms. The first-order valence-electron chi connectivity index (χ1n) is 6.42. The summed E-state index contributed by atoms with van der Waals surface area (Å²) in [7, 11) is -3.87. The number of carbonyl (C=O) groups is 1. The molecule has 0 fully saturated rings. The number of hydrogen-bond donors (Lipinski definition) is 0. The van der Waals surface area contributed by atoms with E-state index in [1.54, 1.807) is 25.1 Å². The normalized spacial score (nSPS) is 11.0. The molecule has 1 heterocycles. The molecule has 7 heteroatoms. The van der Waals surface area contributed by atoms with E-state index >= 15 is 0 Å². The van der Waals surface area contributed by atoms with E-state index in [-0.39, 0.29) is 17.1 Å². The van der Waals surface area contributed by atoms with Gasteiger partial charge in [-0.3, -0.25) is 4.79 Å². The predicted octanol–water partition coefficient (Wildman–Crippen LogP) is 1.97. The molecule has 2 rings (SSSR count). The zero-order valence-electron chi connectivity index (χ0n) is 12.1. The maximum Gasteiger partial charge on any atom is 0.302 e. The molecular weight excluding hydrogens is 304 g/mol. The minimum Gasteiger partial charge on any atom is -0.461 e. The van der Waals surface area contributed by atoms with Crippen LogP contribution < -0.4 is 0 Å². The van der Waals surface area contributed by atoms with E-state index < -0.39 is 16.0 Å². The summed E-state index contributed by atoms with van der Waals surface area (Å²) in [4.78, 5) is 10.7. The molecule has 0 amide bonds. The highest BCUT2D eigenvalue weighted by Crippen LogP contribution is 2.22. The molecule has 0 saturated carbocycles. The van der Waals surface area contributed by atoms with Crippen LogP contribution in [0.25, 0.3) is 0 Å². The molecule has 0 atom stereocenters. The van der Waals surface area contributed by atoms with Crippen molar-refractivity contribution in [1.82, 2.24) is 3.97 Å². The van der Waals surface area contributed by atoms with Crippen LogP contribution in [0.15, 0.2) is 41.6 Å². The highest BCUT2D eigenvalue weighted by atomic mass is 32.2. The molecule has 1 aromatic carbocycles. The Morgan fingerprint density at radius 3 is 2.73 bits per heavy atom. The van der Waals surface area contributed by atoms with Crippen molar-refractivity contribution in [3.63, 3.8) is 0 Å². The lowest BCUT2D eigenvalue weighted by Gasteiger charge is -2.09. The Labute approximate surface area is 128 Å². The fourth-order valence-corrected chi connectivity index (χ4v) is 3.39. The highest BCUT2D eigenvalue weighted by molar-refractivity contribution is 7.90. The number of nitrogens with zero attached hydrogens (tertiary/aromatic N) is 2. The summed E-state index contributed by atoms with van der Waals surface area (Å²) in [5, 5.41) is 9.18. The Morgan fingerprint density at radius 2 is 2.09 bits per heavy atom. The van der Waals surface area contributed by atoms with Gasteiger partial charge < -0.3 is 4.74 Å². The van der Waals surface area contributed by atoms with Crippen LogP contribution in [0.3, 0.4) is 0 Å². The van der Waals surface area contributed by atoms with E-state index in [1.807, 2.05) is 6.07 Å². The summed E-state index contributed by atoms with van der Waals surface area (Å²) in [5.74, 6) is -0.443. The second-order valence-electron chi connectivity index (χ2n) is 4.69. The van der Waals surface area contributed by atoms with Crippen LogP contribution in [-0.2, 0) is 26.2 Å². The first kappa shape index (κ1) is 15.8. The van der Waals surface area contributed by atoms with Crippen LogP contribution in [0.4, 0.5) is 0 Å². The number of carbonyl (C=O) groups excluding carboxylic acids is 1. The smallest absolute Gasteiger partial charge is 0.302 e. The molecule has 0 spiro atoms. The van der Waals surface area contributed by atoms with Gasteiger partial charge in [0.25, 0.3) is 10.0 Å². The predicted molar refractivity (Wildman–Crippen MR) is 78.4 cm³/mol. The van der Waals surface area contributed by atoms with Crippen LogP contribution in [0.2, 0.25) is 0 Å². The van der Waals surface area contributed by atoms with E-state index in [0.29, 0.717) is 11.1 Å². The summed E-state index contributed by atoms with van der Waals surface area (Å²) >= 11 is 0. The van der Waals surface area contributed by atoms with Gasteiger partial charge in [0.05, 0.1) is 5.56 Å². The maximum atomic E-state index is 12.6. The molecule has 0 aliphatic heterocycles. The Kier molecular flexibility index (Phi) is 4.33. The molecular formula is C15H14N2O4S. The first-order valence-corrected chi connectivity index (χ1v) is 7.86. The Hall–Kier alpha value is -2.59. The lowest BCUT2D eigenvalue weighted by molar-refractivity contribution is -0.142.